The molecule has 0 aliphatic carbocycles. The third-order valence-electron chi connectivity index (χ3n) is 5.18. The van der Waals surface area contributed by atoms with E-state index in [2.05, 4.69) is 31.2 Å². The van der Waals surface area contributed by atoms with Crippen LogP contribution in [-0.2, 0) is 6.54 Å². The Kier molecular flexibility index (Phi) is 4.79. The monoisotopic (exact) mass is 367 g/mol. The molecule has 2 amide bonds. The number of benzene rings is 1. The Morgan fingerprint density at radius 2 is 2.04 bits per heavy atom. The van der Waals surface area contributed by atoms with Gasteiger partial charge in [0.1, 0.15) is 11.5 Å². The van der Waals surface area contributed by atoms with Gasteiger partial charge in [0.25, 0.3) is 0 Å². The van der Waals surface area contributed by atoms with Crippen molar-refractivity contribution in [3.63, 3.8) is 0 Å². The molecule has 0 radical (unpaired) electrons. The molecule has 1 aliphatic heterocycles. The molecule has 0 unspecified atom stereocenters. The summed E-state index contributed by atoms with van der Waals surface area (Å²) in [6.07, 6.45) is 3.82. The van der Waals surface area contributed by atoms with Gasteiger partial charge in [-0.05, 0) is 38.8 Å². The second-order valence-electron chi connectivity index (χ2n) is 6.98. The maximum atomic E-state index is 11.9. The van der Waals surface area contributed by atoms with Gasteiger partial charge in [-0.1, -0.05) is 17.3 Å². The first-order chi connectivity index (χ1) is 13.2. The number of nitrogens with one attached hydrogen (secondary N) is 1. The summed E-state index contributed by atoms with van der Waals surface area (Å²) in [4.78, 5) is 18.4. The Labute approximate surface area is 158 Å². The van der Waals surface area contributed by atoms with E-state index in [4.69, 9.17) is 0 Å². The van der Waals surface area contributed by atoms with Gasteiger partial charge in [0, 0.05) is 19.6 Å². The van der Waals surface area contributed by atoms with Crippen LogP contribution in [0.4, 0.5) is 4.79 Å². The van der Waals surface area contributed by atoms with E-state index in [0.29, 0.717) is 13.1 Å². The lowest BCUT2D eigenvalue weighted by Crippen LogP contribution is -2.44. The number of carbonyl (C=O) groups is 1. The number of hydrogen-bond donors (Lipinski definition) is 1. The van der Waals surface area contributed by atoms with Gasteiger partial charge in [-0.25, -0.2) is 14.5 Å². The molecule has 1 aromatic carbocycles. The highest BCUT2D eigenvalue weighted by molar-refractivity contribution is 5.76. The van der Waals surface area contributed by atoms with E-state index in [1.165, 1.54) is 0 Å². The number of urea groups is 1. The van der Waals surface area contributed by atoms with Crippen molar-refractivity contribution in [3.8, 4) is 0 Å². The number of para-hydroxylation sites is 2. The summed E-state index contributed by atoms with van der Waals surface area (Å²) in [6.45, 7) is 6.76. The summed E-state index contributed by atoms with van der Waals surface area (Å²) in [5.41, 5.74) is 3.03. The van der Waals surface area contributed by atoms with Crippen LogP contribution < -0.4 is 5.32 Å². The Balaban J connectivity index is 1.43. The van der Waals surface area contributed by atoms with E-state index in [1.807, 2.05) is 47.8 Å². The average Bonchev–Trinajstić information content (AvgIpc) is 3.27. The first-order valence-electron chi connectivity index (χ1n) is 9.51. The van der Waals surface area contributed by atoms with Crippen LogP contribution in [0.3, 0.4) is 0 Å². The summed E-state index contributed by atoms with van der Waals surface area (Å²) in [7, 11) is 0. The first-order valence-corrected chi connectivity index (χ1v) is 9.51. The molecule has 0 saturated carbocycles. The lowest BCUT2D eigenvalue weighted by atomic mass is 10.1. The van der Waals surface area contributed by atoms with Crippen molar-refractivity contribution in [3.05, 3.63) is 42.0 Å². The second kappa shape index (κ2) is 7.38. The number of likely N-dealkylation sites (tertiary alicyclic amines) is 1. The predicted octanol–water partition coefficient (Wildman–Crippen LogP) is 2.35. The van der Waals surface area contributed by atoms with Crippen LogP contribution in [-0.4, -0.2) is 55.1 Å². The van der Waals surface area contributed by atoms with Crippen LogP contribution in [0.15, 0.2) is 30.5 Å². The standard InChI is InChI=1S/C19H25N7O/c1-3-20-19(27)24-10-8-16(9-11-24)26-13-15(22-23-26)12-25-14(2)21-17-6-4-5-7-18(17)25/h4-7,13,16H,3,8-12H2,1-2H3,(H,20,27). The van der Waals surface area contributed by atoms with E-state index >= 15 is 0 Å². The summed E-state index contributed by atoms with van der Waals surface area (Å²) in [5.74, 6) is 0.973. The molecule has 142 valence electrons. The summed E-state index contributed by atoms with van der Waals surface area (Å²) in [6, 6.07) is 8.45. The predicted molar refractivity (Wildman–Crippen MR) is 103 cm³/mol. The molecule has 2 aromatic heterocycles. The number of rotatable bonds is 4. The highest BCUT2D eigenvalue weighted by Crippen LogP contribution is 2.22. The van der Waals surface area contributed by atoms with Gasteiger partial charge in [0.15, 0.2) is 0 Å². The summed E-state index contributed by atoms with van der Waals surface area (Å²) in [5, 5.41) is 11.6. The molecule has 0 bridgehead atoms. The Morgan fingerprint density at radius 3 is 2.81 bits per heavy atom. The van der Waals surface area contributed by atoms with Gasteiger partial charge in [0.05, 0.1) is 29.8 Å². The van der Waals surface area contributed by atoms with Crippen molar-refractivity contribution in [1.29, 1.82) is 0 Å². The van der Waals surface area contributed by atoms with Crippen LogP contribution in [0.1, 0.15) is 37.3 Å². The number of nitrogens with zero attached hydrogens (tertiary/aromatic N) is 6. The SMILES string of the molecule is CCNC(=O)N1CCC(n2cc(Cn3c(C)nc4ccccc43)nn2)CC1. The molecule has 0 spiro atoms. The fourth-order valence-corrected chi connectivity index (χ4v) is 3.72. The van der Waals surface area contributed by atoms with Gasteiger partial charge < -0.3 is 14.8 Å². The first kappa shape index (κ1) is 17.5. The fourth-order valence-electron chi connectivity index (χ4n) is 3.72. The van der Waals surface area contributed by atoms with Crippen LogP contribution in [0.25, 0.3) is 11.0 Å². The van der Waals surface area contributed by atoms with Crippen LogP contribution in [0.5, 0.6) is 0 Å². The lowest BCUT2D eigenvalue weighted by molar-refractivity contribution is 0.168. The minimum atomic E-state index is 0.0256. The molecule has 8 heteroatoms. The number of aryl methyl sites for hydroxylation is 1. The average molecular weight is 367 g/mol. The number of amides is 2. The smallest absolute Gasteiger partial charge is 0.317 e. The Hall–Kier alpha value is -2.90. The minimum absolute atomic E-state index is 0.0256. The Bertz CT molecular complexity index is 937. The number of hydrogen-bond acceptors (Lipinski definition) is 4. The molecule has 3 heterocycles. The van der Waals surface area contributed by atoms with E-state index in [1.54, 1.807) is 0 Å². The molecule has 3 aromatic rings. The fraction of sp³-hybridized carbons (Fsp3) is 0.474. The molecule has 1 aliphatic rings. The van der Waals surface area contributed by atoms with Gasteiger partial charge >= 0.3 is 6.03 Å². The lowest BCUT2D eigenvalue weighted by Gasteiger charge is -2.31. The number of fused-ring (bicyclic) bond motifs is 1. The van der Waals surface area contributed by atoms with E-state index < -0.39 is 0 Å². The largest absolute Gasteiger partial charge is 0.338 e. The van der Waals surface area contributed by atoms with Gasteiger partial charge in [-0.15, -0.1) is 5.10 Å². The normalized spacial score (nSPS) is 15.4. The molecular formula is C19H25N7O. The van der Waals surface area contributed by atoms with Crippen molar-refractivity contribution in [2.75, 3.05) is 19.6 Å². The second-order valence-corrected chi connectivity index (χ2v) is 6.98. The zero-order valence-corrected chi connectivity index (χ0v) is 15.8. The Morgan fingerprint density at radius 1 is 1.26 bits per heavy atom. The molecule has 1 fully saturated rings. The van der Waals surface area contributed by atoms with Crippen LogP contribution in [0, 0.1) is 6.92 Å². The zero-order chi connectivity index (χ0) is 18.8. The third kappa shape index (κ3) is 3.51. The van der Waals surface area contributed by atoms with Crippen molar-refractivity contribution in [2.45, 2.75) is 39.3 Å². The third-order valence-corrected chi connectivity index (χ3v) is 5.18. The number of aromatic nitrogens is 5. The number of carbonyl (C=O) groups excluding carboxylic acids is 1. The maximum Gasteiger partial charge on any atom is 0.317 e. The van der Waals surface area contributed by atoms with Crippen LogP contribution in [0.2, 0.25) is 0 Å². The molecule has 1 saturated heterocycles. The van der Waals surface area contributed by atoms with Crippen LogP contribution >= 0.6 is 0 Å². The molecule has 4 rings (SSSR count). The summed E-state index contributed by atoms with van der Waals surface area (Å²) < 4.78 is 4.13. The molecule has 8 nitrogen and oxygen atoms in total. The molecule has 0 atom stereocenters. The highest BCUT2D eigenvalue weighted by atomic mass is 16.2. The van der Waals surface area contributed by atoms with Crippen molar-refractivity contribution in [2.24, 2.45) is 0 Å². The molecule has 27 heavy (non-hydrogen) atoms. The molecular weight excluding hydrogens is 342 g/mol. The maximum absolute atomic E-state index is 11.9. The van der Waals surface area contributed by atoms with Crippen molar-refractivity contribution < 1.29 is 4.79 Å². The number of piperidine rings is 1. The van der Waals surface area contributed by atoms with Gasteiger partial charge in [0.2, 0.25) is 0 Å². The van der Waals surface area contributed by atoms with Gasteiger partial charge in [-0.3, -0.25) is 0 Å². The summed E-state index contributed by atoms with van der Waals surface area (Å²) >= 11 is 0. The van der Waals surface area contributed by atoms with Gasteiger partial charge in [-0.2, -0.15) is 0 Å². The quantitative estimate of drug-likeness (QED) is 0.767. The van der Waals surface area contributed by atoms with E-state index in [0.717, 1.165) is 48.5 Å². The molecule has 1 N–H and O–H groups in total. The van der Waals surface area contributed by atoms with E-state index in [9.17, 15) is 4.79 Å². The van der Waals surface area contributed by atoms with E-state index in [-0.39, 0.29) is 12.1 Å². The van der Waals surface area contributed by atoms with Crippen molar-refractivity contribution >= 4 is 17.1 Å². The van der Waals surface area contributed by atoms with Crippen molar-refractivity contribution in [1.82, 2.24) is 34.8 Å². The topological polar surface area (TPSA) is 80.9 Å². The number of imidazole rings is 1. The highest BCUT2D eigenvalue weighted by Gasteiger charge is 2.24. The zero-order valence-electron chi connectivity index (χ0n) is 15.8. The minimum Gasteiger partial charge on any atom is -0.338 e.